The van der Waals surface area contributed by atoms with Crippen molar-refractivity contribution in [2.45, 2.75) is 39.2 Å². The lowest BCUT2D eigenvalue weighted by molar-refractivity contribution is 0.478. The fourth-order valence-electron chi connectivity index (χ4n) is 4.54. The number of piperidine rings is 1. The average Bonchev–Trinajstić information content (AvgIpc) is 3.33. The van der Waals surface area contributed by atoms with Crippen molar-refractivity contribution in [2.24, 2.45) is 0 Å². The lowest BCUT2D eigenvalue weighted by Gasteiger charge is -2.23. The first-order chi connectivity index (χ1) is 18.3. The van der Waals surface area contributed by atoms with Crippen LogP contribution < -0.4 is 15.4 Å². The third-order valence-electron chi connectivity index (χ3n) is 6.34. The molecule has 0 radical (unpaired) electrons. The highest BCUT2D eigenvalue weighted by Gasteiger charge is 2.17. The Bertz CT molecular complexity index is 1640. The minimum atomic E-state index is -3.80. The van der Waals surface area contributed by atoms with E-state index in [1.54, 1.807) is 17.5 Å². The van der Waals surface area contributed by atoms with E-state index in [1.807, 2.05) is 18.3 Å². The van der Waals surface area contributed by atoms with Crippen LogP contribution in [-0.4, -0.2) is 52.1 Å². The van der Waals surface area contributed by atoms with Gasteiger partial charge in [-0.15, -0.1) is 0 Å². The van der Waals surface area contributed by atoms with Gasteiger partial charge in [0.15, 0.2) is 5.82 Å². The highest BCUT2D eigenvalue weighted by Crippen LogP contribution is 2.30. The molecule has 38 heavy (non-hydrogen) atoms. The predicted molar refractivity (Wildman–Crippen MR) is 152 cm³/mol. The molecule has 0 spiro atoms. The minimum absolute atomic E-state index is 0.176. The van der Waals surface area contributed by atoms with Gasteiger partial charge in [0.2, 0.25) is 5.95 Å². The molecule has 4 aromatic rings. The number of nitrogens with zero attached hydrogens (tertiary/aromatic N) is 5. The Morgan fingerprint density at radius 1 is 1.29 bits per heavy atom. The summed E-state index contributed by atoms with van der Waals surface area (Å²) in [6.07, 6.45) is 9.04. The van der Waals surface area contributed by atoms with Crippen LogP contribution in [-0.2, 0) is 16.4 Å². The Kier molecular flexibility index (Phi) is 7.59. The molecule has 10 nitrogen and oxygen atoms in total. The standard InChI is InChI=1S/C26H29ClN8O2S/c1-3-18-12-19(13-20-14-29-26(33-24(18)20)32-21-7-4-10-28-15-21)22-8-9-23-25(30-16-31-35(22)23)34-38(36,37)11-5-6-17(2)27/h5-6,8-9,11-14,16,21,28H,3-4,7,10,15H2,1-2H3,(H,29,32,33)(H,30,31,34)/b11-5-,17-6+/t21-/m0/s1. The van der Waals surface area contributed by atoms with Crippen LogP contribution in [0.3, 0.4) is 0 Å². The molecule has 1 aliphatic rings. The highest BCUT2D eigenvalue weighted by molar-refractivity contribution is 7.95. The van der Waals surface area contributed by atoms with Crippen molar-refractivity contribution in [1.82, 2.24) is 29.9 Å². The van der Waals surface area contributed by atoms with Crippen molar-refractivity contribution < 1.29 is 8.42 Å². The highest BCUT2D eigenvalue weighted by atomic mass is 35.5. The molecule has 12 heteroatoms. The molecule has 0 amide bonds. The second kappa shape index (κ2) is 11.1. The summed E-state index contributed by atoms with van der Waals surface area (Å²) in [6, 6.07) is 8.12. The molecule has 1 aromatic carbocycles. The normalized spacial score (nSPS) is 16.9. The first kappa shape index (κ1) is 26.1. The Hall–Kier alpha value is -3.54. The molecular formula is C26H29ClN8O2S. The van der Waals surface area contributed by atoms with Crippen LogP contribution in [0.2, 0.25) is 0 Å². The molecule has 0 aliphatic carbocycles. The van der Waals surface area contributed by atoms with E-state index in [4.69, 9.17) is 16.6 Å². The maximum Gasteiger partial charge on any atom is 0.256 e. The number of nitrogens with one attached hydrogen (secondary N) is 3. The molecule has 198 valence electrons. The van der Waals surface area contributed by atoms with Gasteiger partial charge in [0.05, 0.1) is 16.6 Å². The van der Waals surface area contributed by atoms with Crippen LogP contribution in [0.4, 0.5) is 11.8 Å². The summed E-state index contributed by atoms with van der Waals surface area (Å²) in [5, 5.41) is 13.7. The summed E-state index contributed by atoms with van der Waals surface area (Å²) in [4.78, 5) is 13.6. The van der Waals surface area contributed by atoms with E-state index < -0.39 is 10.0 Å². The molecule has 3 N–H and O–H groups in total. The molecule has 5 rings (SSSR count). The smallest absolute Gasteiger partial charge is 0.256 e. The van der Waals surface area contributed by atoms with Crippen LogP contribution in [0, 0.1) is 0 Å². The predicted octanol–water partition coefficient (Wildman–Crippen LogP) is 4.46. The van der Waals surface area contributed by atoms with E-state index in [0.29, 0.717) is 22.5 Å². The van der Waals surface area contributed by atoms with Crippen LogP contribution >= 0.6 is 11.6 Å². The number of hydrogen-bond donors (Lipinski definition) is 3. The largest absolute Gasteiger partial charge is 0.350 e. The minimum Gasteiger partial charge on any atom is -0.350 e. The fraction of sp³-hybridized carbons (Fsp3) is 0.308. The summed E-state index contributed by atoms with van der Waals surface area (Å²) in [7, 11) is -3.80. The molecule has 1 fully saturated rings. The van der Waals surface area contributed by atoms with Crippen LogP contribution in [0.15, 0.2) is 59.4 Å². The zero-order valence-electron chi connectivity index (χ0n) is 21.1. The molecule has 0 saturated carbocycles. The van der Waals surface area contributed by atoms with Crippen molar-refractivity contribution in [3.63, 3.8) is 0 Å². The number of hydrogen-bond acceptors (Lipinski definition) is 8. The lowest BCUT2D eigenvalue weighted by atomic mass is 10.0. The zero-order chi connectivity index (χ0) is 26.7. The molecule has 1 aliphatic heterocycles. The lowest BCUT2D eigenvalue weighted by Crippen LogP contribution is -2.38. The summed E-state index contributed by atoms with van der Waals surface area (Å²) >= 11 is 5.77. The summed E-state index contributed by atoms with van der Waals surface area (Å²) in [5.74, 6) is 0.812. The van der Waals surface area contributed by atoms with Crippen LogP contribution in [0.25, 0.3) is 27.7 Å². The van der Waals surface area contributed by atoms with Gasteiger partial charge < -0.3 is 10.6 Å². The maximum absolute atomic E-state index is 12.5. The summed E-state index contributed by atoms with van der Waals surface area (Å²) in [5.41, 5.74) is 4.24. The number of sulfonamides is 1. The van der Waals surface area contributed by atoms with Gasteiger partial charge in [-0.1, -0.05) is 18.5 Å². The first-order valence-electron chi connectivity index (χ1n) is 12.5. The van der Waals surface area contributed by atoms with Crippen molar-refractivity contribution in [3.8, 4) is 11.3 Å². The fourth-order valence-corrected chi connectivity index (χ4v) is 5.39. The summed E-state index contributed by atoms with van der Waals surface area (Å²) < 4.78 is 29.2. The number of aromatic nitrogens is 5. The van der Waals surface area contributed by atoms with E-state index >= 15 is 0 Å². The maximum atomic E-state index is 12.5. The van der Waals surface area contributed by atoms with E-state index in [1.165, 1.54) is 18.5 Å². The van der Waals surface area contributed by atoms with Gasteiger partial charge in [0, 0.05) is 34.8 Å². The van der Waals surface area contributed by atoms with Crippen molar-refractivity contribution in [1.29, 1.82) is 0 Å². The molecular weight excluding hydrogens is 524 g/mol. The van der Waals surface area contributed by atoms with Gasteiger partial charge in [-0.05, 0) is 74.7 Å². The molecule has 4 heterocycles. The van der Waals surface area contributed by atoms with Gasteiger partial charge in [-0.2, -0.15) is 5.10 Å². The SMILES string of the molecule is CCc1cc(-c2ccc3c(NS(=O)(=O)/C=C\C=C(/C)Cl)ncnn23)cc2cnc(N[C@H]3CCCNC3)nc12. The second-order valence-electron chi connectivity index (χ2n) is 9.16. The van der Waals surface area contributed by atoms with E-state index in [2.05, 4.69) is 43.4 Å². The number of fused-ring (bicyclic) bond motifs is 2. The Balaban J connectivity index is 1.48. The average molecular weight is 553 g/mol. The molecule has 3 aromatic heterocycles. The molecule has 1 saturated heterocycles. The number of benzene rings is 1. The van der Waals surface area contributed by atoms with Crippen molar-refractivity contribution in [3.05, 3.63) is 64.9 Å². The quantitative estimate of drug-likeness (QED) is 0.273. The number of halogens is 1. The number of aryl methyl sites for hydroxylation is 1. The second-order valence-corrected chi connectivity index (χ2v) is 11.3. The van der Waals surface area contributed by atoms with E-state index in [0.717, 1.165) is 65.5 Å². The Morgan fingerprint density at radius 2 is 2.16 bits per heavy atom. The van der Waals surface area contributed by atoms with Crippen molar-refractivity contribution in [2.75, 3.05) is 23.1 Å². The van der Waals surface area contributed by atoms with Gasteiger partial charge in [-0.25, -0.2) is 27.9 Å². The van der Waals surface area contributed by atoms with E-state index in [-0.39, 0.29) is 5.82 Å². The zero-order valence-corrected chi connectivity index (χ0v) is 22.7. The number of rotatable bonds is 8. The Morgan fingerprint density at radius 3 is 2.92 bits per heavy atom. The summed E-state index contributed by atoms with van der Waals surface area (Å²) in [6.45, 7) is 5.71. The molecule has 0 bridgehead atoms. The van der Waals surface area contributed by atoms with Crippen LogP contribution in [0.5, 0.6) is 0 Å². The molecule has 1 atom stereocenters. The third kappa shape index (κ3) is 5.79. The van der Waals surface area contributed by atoms with Crippen LogP contribution in [0.1, 0.15) is 32.3 Å². The van der Waals surface area contributed by atoms with Gasteiger partial charge >= 0.3 is 0 Å². The van der Waals surface area contributed by atoms with E-state index in [9.17, 15) is 8.42 Å². The van der Waals surface area contributed by atoms with Crippen molar-refractivity contribution >= 4 is 49.8 Å². The number of allylic oxidation sites excluding steroid dienone is 3. The third-order valence-corrected chi connectivity index (χ3v) is 7.46. The topological polar surface area (TPSA) is 126 Å². The van der Waals surface area contributed by atoms with Gasteiger partial charge in [0.1, 0.15) is 11.8 Å². The monoisotopic (exact) mass is 552 g/mol. The molecule has 0 unspecified atom stereocenters. The first-order valence-corrected chi connectivity index (χ1v) is 14.4. The number of anilines is 2. The van der Waals surface area contributed by atoms with Gasteiger partial charge in [0.25, 0.3) is 10.0 Å². The van der Waals surface area contributed by atoms with Gasteiger partial charge in [-0.3, -0.25) is 4.72 Å². The Labute approximate surface area is 226 Å².